The van der Waals surface area contributed by atoms with E-state index in [0.29, 0.717) is 12.5 Å². The highest BCUT2D eigenvalue weighted by molar-refractivity contribution is 6.15. The minimum absolute atomic E-state index is 0.203. The van der Waals surface area contributed by atoms with Crippen molar-refractivity contribution in [2.75, 3.05) is 13.2 Å². The molecule has 0 radical (unpaired) electrons. The van der Waals surface area contributed by atoms with Crippen molar-refractivity contribution in [3.8, 4) is 5.75 Å². The molecule has 5 nitrogen and oxygen atoms in total. The Morgan fingerprint density at radius 1 is 1.17 bits per heavy atom. The predicted molar refractivity (Wildman–Crippen MR) is 95.7 cm³/mol. The number of fused-ring (bicyclic) bond motifs is 3. The number of ether oxygens (including phenoxy) is 2. The van der Waals surface area contributed by atoms with Crippen LogP contribution in [0.3, 0.4) is 0 Å². The molecule has 4 rings (SSSR count). The highest BCUT2D eigenvalue weighted by atomic mass is 16.5. The van der Waals surface area contributed by atoms with Gasteiger partial charge in [0.15, 0.2) is 0 Å². The van der Waals surface area contributed by atoms with Crippen LogP contribution in [0.5, 0.6) is 5.75 Å². The first-order valence-electron chi connectivity index (χ1n) is 8.68. The number of aromatic amines is 1. The Kier molecular flexibility index (Phi) is 4.10. The van der Waals surface area contributed by atoms with Gasteiger partial charge in [0.1, 0.15) is 11.4 Å². The summed E-state index contributed by atoms with van der Waals surface area (Å²) >= 11 is 0. The molecule has 5 heteroatoms. The van der Waals surface area contributed by atoms with E-state index in [1.807, 2.05) is 18.3 Å². The van der Waals surface area contributed by atoms with Crippen molar-refractivity contribution >= 4 is 22.7 Å². The summed E-state index contributed by atoms with van der Waals surface area (Å²) in [5.74, 6) is 1.32. The van der Waals surface area contributed by atoms with E-state index in [9.17, 15) is 0 Å². The summed E-state index contributed by atoms with van der Waals surface area (Å²) in [5, 5.41) is 8.69. The van der Waals surface area contributed by atoms with Crippen molar-refractivity contribution in [1.29, 1.82) is 0 Å². The molecule has 2 aromatic rings. The smallest absolute Gasteiger partial charge is 0.120 e. The molecule has 3 heterocycles. The minimum atomic E-state index is 0.203. The Morgan fingerprint density at radius 3 is 3.00 bits per heavy atom. The number of rotatable bonds is 0. The van der Waals surface area contributed by atoms with E-state index in [-0.39, 0.29) is 12.1 Å². The summed E-state index contributed by atoms with van der Waals surface area (Å²) in [5.41, 5.74) is 3.05. The number of nitrogens with one attached hydrogen (secondary N) is 1. The maximum Gasteiger partial charge on any atom is 0.120 e. The van der Waals surface area contributed by atoms with Gasteiger partial charge in [0.2, 0.25) is 0 Å². The van der Waals surface area contributed by atoms with Crippen LogP contribution in [0, 0.1) is 5.92 Å². The van der Waals surface area contributed by atoms with E-state index in [4.69, 9.17) is 9.47 Å². The van der Waals surface area contributed by atoms with E-state index in [1.54, 1.807) is 0 Å². The van der Waals surface area contributed by atoms with Gasteiger partial charge in [0, 0.05) is 30.2 Å². The van der Waals surface area contributed by atoms with Crippen LogP contribution in [0.1, 0.15) is 32.4 Å². The highest BCUT2D eigenvalue weighted by Crippen LogP contribution is 2.30. The summed E-state index contributed by atoms with van der Waals surface area (Å²) in [6.45, 7) is 5.76. The van der Waals surface area contributed by atoms with Crippen molar-refractivity contribution in [2.45, 2.75) is 38.8 Å². The molecule has 0 spiro atoms. The van der Waals surface area contributed by atoms with Crippen LogP contribution in [-0.4, -0.2) is 41.8 Å². The van der Waals surface area contributed by atoms with Gasteiger partial charge in [-0.3, -0.25) is 10.1 Å². The van der Waals surface area contributed by atoms with Crippen LogP contribution in [0.4, 0.5) is 0 Å². The molecule has 0 saturated carbocycles. The third-order valence-electron chi connectivity index (χ3n) is 4.90. The summed E-state index contributed by atoms with van der Waals surface area (Å²) in [6, 6.07) is 6.27. The van der Waals surface area contributed by atoms with Crippen LogP contribution < -0.4 is 4.74 Å². The van der Waals surface area contributed by atoms with Crippen molar-refractivity contribution < 1.29 is 9.47 Å². The molecule has 0 saturated heterocycles. The van der Waals surface area contributed by atoms with Crippen LogP contribution in [0.25, 0.3) is 16.5 Å². The fourth-order valence-electron chi connectivity index (χ4n) is 3.24. The zero-order chi connectivity index (χ0) is 16.5. The van der Waals surface area contributed by atoms with E-state index in [2.05, 4.69) is 41.2 Å². The Bertz CT molecular complexity index is 793. The number of hydrogen-bond donors (Lipinski definition) is 1. The van der Waals surface area contributed by atoms with Crippen molar-refractivity contribution in [1.82, 2.24) is 10.2 Å². The fourth-order valence-corrected chi connectivity index (χ4v) is 3.24. The number of aromatic nitrogens is 2. The van der Waals surface area contributed by atoms with Crippen molar-refractivity contribution in [3.63, 3.8) is 0 Å². The topological polar surface area (TPSA) is 59.5 Å². The van der Waals surface area contributed by atoms with Gasteiger partial charge in [-0.25, -0.2) is 0 Å². The molecule has 126 valence electrons. The molecule has 3 atom stereocenters. The van der Waals surface area contributed by atoms with Crippen molar-refractivity contribution in [2.24, 2.45) is 10.9 Å². The first-order chi connectivity index (χ1) is 11.7. The van der Waals surface area contributed by atoms with Gasteiger partial charge >= 0.3 is 0 Å². The second-order valence-electron chi connectivity index (χ2n) is 6.75. The lowest BCUT2D eigenvalue weighted by atomic mass is 9.98. The van der Waals surface area contributed by atoms with Crippen molar-refractivity contribution in [3.05, 3.63) is 30.0 Å². The molecule has 4 bridgehead atoms. The number of H-pyrrole nitrogens is 1. The molecule has 24 heavy (non-hydrogen) atoms. The molecule has 1 aromatic heterocycles. The number of allylic oxidation sites excluding steroid dienone is 1. The number of hydrogen-bond acceptors (Lipinski definition) is 4. The lowest BCUT2D eigenvalue weighted by Gasteiger charge is -2.18. The molecule has 0 fully saturated rings. The normalized spacial score (nSPS) is 27.6. The summed E-state index contributed by atoms with van der Waals surface area (Å²) in [6.07, 6.45) is 6.25. The average Bonchev–Trinajstić information content (AvgIpc) is 3.20. The predicted octanol–water partition coefficient (Wildman–Crippen LogP) is 3.61. The van der Waals surface area contributed by atoms with Crippen LogP contribution in [-0.2, 0) is 4.74 Å². The molecular formula is C19H23N3O2. The summed E-state index contributed by atoms with van der Waals surface area (Å²) in [4.78, 5) is 4.68. The Labute approximate surface area is 141 Å². The number of benzene rings is 1. The lowest BCUT2D eigenvalue weighted by Crippen LogP contribution is -2.18. The van der Waals surface area contributed by atoms with Gasteiger partial charge in [-0.05, 0) is 43.5 Å². The largest absolute Gasteiger partial charge is 0.493 e. The molecular weight excluding hydrogens is 302 g/mol. The Morgan fingerprint density at radius 2 is 2.08 bits per heavy atom. The standard InChI is InChI=1S/C19H23N3O2/c1-12-5-7-23-13(2)6-8-24-15-3-4-17-16(10-15)19(22-21-17)14-9-18(12)20-11-14/h3-4,9-13,18H,5-8H2,1-2H3,(H,21,22)/t12-,13+,18?/m1/s1. The first-order valence-corrected chi connectivity index (χ1v) is 8.68. The quantitative estimate of drug-likeness (QED) is 0.805. The third kappa shape index (κ3) is 2.96. The monoisotopic (exact) mass is 325 g/mol. The second-order valence-corrected chi connectivity index (χ2v) is 6.75. The second kappa shape index (κ2) is 6.40. The maximum absolute atomic E-state index is 5.92. The Balaban J connectivity index is 1.72. The molecule has 2 aliphatic heterocycles. The van der Waals surface area contributed by atoms with Gasteiger partial charge in [0.05, 0.1) is 24.3 Å². The van der Waals surface area contributed by atoms with Crippen LogP contribution >= 0.6 is 0 Å². The Hall–Kier alpha value is -2.14. The number of aliphatic imine (C=N–C) groups is 1. The summed E-state index contributed by atoms with van der Waals surface area (Å²) < 4.78 is 11.8. The molecule has 0 amide bonds. The molecule has 1 unspecified atom stereocenters. The van der Waals surface area contributed by atoms with E-state index < -0.39 is 0 Å². The molecule has 0 aliphatic carbocycles. The average molecular weight is 325 g/mol. The van der Waals surface area contributed by atoms with Gasteiger partial charge in [-0.15, -0.1) is 0 Å². The van der Waals surface area contributed by atoms with E-state index in [0.717, 1.165) is 47.4 Å². The van der Waals surface area contributed by atoms with Gasteiger partial charge in [-0.2, -0.15) is 5.10 Å². The lowest BCUT2D eigenvalue weighted by molar-refractivity contribution is 0.0428. The van der Waals surface area contributed by atoms with E-state index >= 15 is 0 Å². The number of nitrogens with zero attached hydrogens (tertiary/aromatic N) is 2. The fraction of sp³-hybridized carbons (Fsp3) is 0.474. The van der Waals surface area contributed by atoms with Gasteiger partial charge in [-0.1, -0.05) is 6.92 Å². The molecule has 2 aliphatic rings. The highest BCUT2D eigenvalue weighted by Gasteiger charge is 2.22. The zero-order valence-electron chi connectivity index (χ0n) is 14.2. The zero-order valence-corrected chi connectivity index (χ0v) is 14.2. The van der Waals surface area contributed by atoms with Crippen LogP contribution in [0.2, 0.25) is 0 Å². The van der Waals surface area contributed by atoms with E-state index in [1.165, 1.54) is 0 Å². The minimum Gasteiger partial charge on any atom is -0.493 e. The van der Waals surface area contributed by atoms with Gasteiger partial charge < -0.3 is 9.47 Å². The SMILES string of the molecule is C[C@@H]1CCO[C@@H](C)CCOc2ccc3[nH]nc(c3c2)C2=CC1N=C2. The third-order valence-corrected chi connectivity index (χ3v) is 4.90. The molecule has 1 N–H and O–H groups in total. The maximum atomic E-state index is 5.92. The van der Waals surface area contributed by atoms with Crippen LogP contribution in [0.15, 0.2) is 29.3 Å². The summed E-state index contributed by atoms with van der Waals surface area (Å²) in [7, 11) is 0. The molecule has 1 aromatic carbocycles. The van der Waals surface area contributed by atoms with Gasteiger partial charge in [0.25, 0.3) is 0 Å². The first kappa shape index (κ1) is 15.4.